The molecule has 2 fully saturated rings. The van der Waals surface area contributed by atoms with Crippen molar-refractivity contribution in [1.29, 1.82) is 0 Å². The fraction of sp³-hybridized carbons (Fsp3) is 0.684. The highest BCUT2D eigenvalue weighted by molar-refractivity contribution is 6.62. The molecule has 3 heterocycles. The highest BCUT2D eigenvalue weighted by Crippen LogP contribution is 2.40. The summed E-state index contributed by atoms with van der Waals surface area (Å²) in [5, 5.41) is 0. The summed E-state index contributed by atoms with van der Waals surface area (Å²) in [6.45, 7) is 9.96. The van der Waals surface area contributed by atoms with Crippen LogP contribution in [-0.4, -0.2) is 37.1 Å². The molecule has 0 amide bonds. The van der Waals surface area contributed by atoms with Gasteiger partial charge in [0, 0.05) is 12.8 Å². The number of fused-ring (bicyclic) bond motifs is 1. The highest BCUT2D eigenvalue weighted by Gasteiger charge is 2.52. The second-order valence-electron chi connectivity index (χ2n) is 8.35. The maximum atomic E-state index is 6.40. The molecular weight excluding hydrogens is 303 g/mol. The standard InChI is InChI=1S/C19H27BO4/c1-17(2)18(3,4)24-20(23-17)15-5-6-16-14(13-15)7-8-19(22-16)9-11-21-12-10-19/h5-6,13H,7-12H2,1-4H3. The minimum Gasteiger partial charge on any atom is -0.487 e. The Morgan fingerprint density at radius 2 is 1.58 bits per heavy atom. The maximum Gasteiger partial charge on any atom is 0.494 e. The molecule has 1 aromatic carbocycles. The van der Waals surface area contributed by atoms with Crippen LogP contribution < -0.4 is 10.2 Å². The van der Waals surface area contributed by atoms with Gasteiger partial charge in [0.2, 0.25) is 0 Å². The summed E-state index contributed by atoms with van der Waals surface area (Å²) in [5.41, 5.74) is 1.71. The molecule has 0 bridgehead atoms. The Bertz CT molecular complexity index is 618. The minimum absolute atomic E-state index is 0.0168. The second kappa shape index (κ2) is 5.48. The molecule has 0 aromatic heterocycles. The minimum atomic E-state index is -0.309. The van der Waals surface area contributed by atoms with E-state index < -0.39 is 0 Å². The predicted octanol–water partition coefficient (Wildman–Crippen LogP) is 2.86. The molecular formula is C19H27BO4. The Morgan fingerprint density at radius 1 is 0.917 bits per heavy atom. The average Bonchev–Trinajstić information content (AvgIpc) is 2.76. The van der Waals surface area contributed by atoms with Gasteiger partial charge in [-0.3, -0.25) is 0 Å². The van der Waals surface area contributed by atoms with Gasteiger partial charge in [0.25, 0.3) is 0 Å². The zero-order valence-electron chi connectivity index (χ0n) is 15.2. The molecule has 0 N–H and O–H groups in total. The first-order valence-corrected chi connectivity index (χ1v) is 9.06. The van der Waals surface area contributed by atoms with Crippen molar-refractivity contribution in [3.05, 3.63) is 23.8 Å². The van der Waals surface area contributed by atoms with Crippen LogP contribution in [0.4, 0.5) is 0 Å². The molecule has 24 heavy (non-hydrogen) atoms. The summed E-state index contributed by atoms with van der Waals surface area (Å²) in [7, 11) is -0.306. The third kappa shape index (κ3) is 2.67. The molecule has 1 spiro atoms. The van der Waals surface area contributed by atoms with Crippen LogP contribution >= 0.6 is 0 Å². The van der Waals surface area contributed by atoms with Crippen molar-refractivity contribution in [3.8, 4) is 5.75 Å². The summed E-state index contributed by atoms with van der Waals surface area (Å²) in [5.74, 6) is 1.02. The van der Waals surface area contributed by atoms with Gasteiger partial charge < -0.3 is 18.8 Å². The smallest absolute Gasteiger partial charge is 0.487 e. The fourth-order valence-corrected chi connectivity index (χ4v) is 3.76. The first-order chi connectivity index (χ1) is 11.3. The summed E-state index contributed by atoms with van der Waals surface area (Å²) in [6.07, 6.45) is 4.09. The van der Waals surface area contributed by atoms with E-state index in [0.717, 1.165) is 50.1 Å². The van der Waals surface area contributed by atoms with Crippen molar-refractivity contribution in [1.82, 2.24) is 0 Å². The normalized spacial score (nSPS) is 26.9. The molecule has 0 radical (unpaired) electrons. The third-order valence-electron chi connectivity index (χ3n) is 6.19. The van der Waals surface area contributed by atoms with Crippen LogP contribution in [-0.2, 0) is 20.5 Å². The van der Waals surface area contributed by atoms with Crippen LogP contribution in [0.15, 0.2) is 18.2 Å². The molecule has 0 atom stereocenters. The number of aryl methyl sites for hydroxylation is 1. The molecule has 130 valence electrons. The number of ether oxygens (including phenoxy) is 2. The number of hydrogen-bond acceptors (Lipinski definition) is 4. The molecule has 2 saturated heterocycles. The van der Waals surface area contributed by atoms with Gasteiger partial charge in [-0.2, -0.15) is 0 Å². The SMILES string of the molecule is CC1(C)OB(c2ccc3c(c2)CCC2(CCOCC2)O3)OC1(C)C. The van der Waals surface area contributed by atoms with Gasteiger partial charge in [-0.25, -0.2) is 0 Å². The van der Waals surface area contributed by atoms with E-state index >= 15 is 0 Å². The highest BCUT2D eigenvalue weighted by atomic mass is 16.7. The third-order valence-corrected chi connectivity index (χ3v) is 6.19. The number of benzene rings is 1. The van der Waals surface area contributed by atoms with E-state index in [0.29, 0.717) is 0 Å². The van der Waals surface area contributed by atoms with Crippen LogP contribution in [0.3, 0.4) is 0 Å². The molecule has 1 aromatic rings. The molecule has 0 saturated carbocycles. The molecule has 4 nitrogen and oxygen atoms in total. The van der Waals surface area contributed by atoms with Crippen LogP contribution in [0, 0.1) is 0 Å². The predicted molar refractivity (Wildman–Crippen MR) is 93.9 cm³/mol. The lowest BCUT2D eigenvalue weighted by molar-refractivity contribution is -0.0569. The van der Waals surface area contributed by atoms with Gasteiger partial charge in [0.15, 0.2) is 0 Å². The van der Waals surface area contributed by atoms with E-state index in [9.17, 15) is 0 Å². The van der Waals surface area contributed by atoms with Crippen molar-refractivity contribution >= 4 is 12.6 Å². The molecule has 0 unspecified atom stereocenters. The summed E-state index contributed by atoms with van der Waals surface area (Å²) < 4.78 is 24.2. The fourth-order valence-electron chi connectivity index (χ4n) is 3.76. The van der Waals surface area contributed by atoms with Crippen molar-refractivity contribution in [3.63, 3.8) is 0 Å². The molecule has 3 aliphatic heterocycles. The summed E-state index contributed by atoms with van der Waals surface area (Å²) in [4.78, 5) is 0. The zero-order valence-corrected chi connectivity index (χ0v) is 15.2. The monoisotopic (exact) mass is 330 g/mol. The van der Waals surface area contributed by atoms with Gasteiger partial charge in [-0.15, -0.1) is 0 Å². The quantitative estimate of drug-likeness (QED) is 0.742. The largest absolute Gasteiger partial charge is 0.494 e. The molecule has 0 aliphatic carbocycles. The zero-order chi connectivity index (χ0) is 17.0. The van der Waals surface area contributed by atoms with Crippen molar-refractivity contribution in [2.45, 2.75) is 70.2 Å². The first-order valence-electron chi connectivity index (χ1n) is 9.06. The van der Waals surface area contributed by atoms with Gasteiger partial charge in [-0.05, 0) is 57.6 Å². The van der Waals surface area contributed by atoms with E-state index in [1.807, 2.05) is 0 Å². The summed E-state index contributed by atoms with van der Waals surface area (Å²) in [6, 6.07) is 6.37. The van der Waals surface area contributed by atoms with E-state index in [1.54, 1.807) is 0 Å². The lowest BCUT2D eigenvalue weighted by Crippen LogP contribution is -2.45. The molecule has 3 aliphatic rings. The first kappa shape index (κ1) is 16.4. The lowest BCUT2D eigenvalue weighted by atomic mass is 9.76. The van der Waals surface area contributed by atoms with Crippen LogP contribution in [0.1, 0.15) is 52.5 Å². The van der Waals surface area contributed by atoms with Crippen LogP contribution in [0.2, 0.25) is 0 Å². The Hall–Kier alpha value is -1.04. The Morgan fingerprint density at radius 3 is 2.25 bits per heavy atom. The van der Waals surface area contributed by atoms with Crippen LogP contribution in [0.25, 0.3) is 0 Å². The van der Waals surface area contributed by atoms with Gasteiger partial charge in [0.05, 0.1) is 24.4 Å². The van der Waals surface area contributed by atoms with Crippen molar-refractivity contribution < 1.29 is 18.8 Å². The van der Waals surface area contributed by atoms with Crippen molar-refractivity contribution in [2.24, 2.45) is 0 Å². The van der Waals surface area contributed by atoms with E-state index in [4.69, 9.17) is 18.8 Å². The second-order valence-corrected chi connectivity index (χ2v) is 8.35. The van der Waals surface area contributed by atoms with Crippen LogP contribution in [0.5, 0.6) is 5.75 Å². The average molecular weight is 330 g/mol. The summed E-state index contributed by atoms with van der Waals surface area (Å²) >= 11 is 0. The Kier molecular flexibility index (Phi) is 3.75. The van der Waals surface area contributed by atoms with Gasteiger partial charge in [0.1, 0.15) is 11.4 Å². The van der Waals surface area contributed by atoms with E-state index in [1.165, 1.54) is 5.56 Å². The molecule has 4 rings (SSSR count). The van der Waals surface area contributed by atoms with E-state index in [-0.39, 0.29) is 23.9 Å². The topological polar surface area (TPSA) is 36.9 Å². The number of rotatable bonds is 1. The maximum absolute atomic E-state index is 6.40. The molecule has 5 heteroatoms. The van der Waals surface area contributed by atoms with E-state index in [2.05, 4.69) is 45.9 Å². The van der Waals surface area contributed by atoms with Gasteiger partial charge >= 0.3 is 7.12 Å². The number of hydrogen-bond donors (Lipinski definition) is 0. The van der Waals surface area contributed by atoms with Crippen molar-refractivity contribution in [2.75, 3.05) is 13.2 Å². The van der Waals surface area contributed by atoms with Gasteiger partial charge in [-0.1, -0.05) is 12.1 Å². The Balaban J connectivity index is 1.55. The lowest BCUT2D eigenvalue weighted by Gasteiger charge is -2.41. The Labute approximate surface area is 145 Å².